The fourth-order valence-electron chi connectivity index (χ4n) is 3.48. The first kappa shape index (κ1) is 13.9. The number of piperidine rings is 1. The van der Waals surface area contributed by atoms with Crippen LogP contribution in [0.25, 0.3) is 0 Å². The highest BCUT2D eigenvalue weighted by molar-refractivity contribution is 5.54. The maximum absolute atomic E-state index is 3.49. The number of aryl methyl sites for hydroxylation is 1. The van der Waals surface area contributed by atoms with Crippen molar-refractivity contribution >= 4 is 5.69 Å². The average molecular weight is 273 g/mol. The Hall–Kier alpha value is -1.06. The van der Waals surface area contributed by atoms with Gasteiger partial charge < -0.3 is 10.2 Å². The van der Waals surface area contributed by atoms with Crippen LogP contribution in [-0.4, -0.2) is 49.6 Å². The Balaban J connectivity index is 1.59. The third-order valence-corrected chi connectivity index (χ3v) is 4.80. The lowest BCUT2D eigenvalue weighted by molar-refractivity contribution is 0.140. The molecule has 0 saturated carbocycles. The number of likely N-dealkylation sites (tertiary alicyclic amines) is 1. The fourth-order valence-corrected chi connectivity index (χ4v) is 3.48. The highest BCUT2D eigenvalue weighted by Gasteiger charge is 2.20. The molecule has 1 aromatic carbocycles. The van der Waals surface area contributed by atoms with E-state index in [-0.39, 0.29) is 0 Å². The summed E-state index contributed by atoms with van der Waals surface area (Å²) in [7, 11) is 4.41. The fraction of sp³-hybridized carbons (Fsp3) is 0.647. The van der Waals surface area contributed by atoms with Crippen molar-refractivity contribution in [3.8, 4) is 0 Å². The molecule has 3 rings (SSSR count). The average Bonchev–Trinajstić information content (AvgIpc) is 2.48. The number of fused-ring (bicyclic) bond motifs is 1. The summed E-state index contributed by atoms with van der Waals surface area (Å²) in [6.07, 6.45) is 5.11. The van der Waals surface area contributed by atoms with Gasteiger partial charge in [-0.1, -0.05) is 12.1 Å². The van der Waals surface area contributed by atoms with Crippen LogP contribution in [0.3, 0.4) is 0 Å². The van der Waals surface area contributed by atoms with E-state index in [1.54, 1.807) is 0 Å². The SMILES string of the molecule is CN(C)C1CCN(Cc2ccc3c(c2)CCCN3)CC1. The van der Waals surface area contributed by atoms with Gasteiger partial charge >= 0.3 is 0 Å². The Morgan fingerprint density at radius 1 is 1.25 bits per heavy atom. The van der Waals surface area contributed by atoms with Gasteiger partial charge in [0.05, 0.1) is 0 Å². The van der Waals surface area contributed by atoms with Gasteiger partial charge in [0, 0.05) is 24.8 Å². The van der Waals surface area contributed by atoms with Gasteiger partial charge in [-0.25, -0.2) is 0 Å². The highest BCUT2D eigenvalue weighted by atomic mass is 15.2. The topological polar surface area (TPSA) is 18.5 Å². The van der Waals surface area contributed by atoms with Crippen LogP contribution in [0.5, 0.6) is 0 Å². The Kier molecular flexibility index (Phi) is 4.27. The predicted molar refractivity (Wildman–Crippen MR) is 85.2 cm³/mol. The molecule has 3 heteroatoms. The van der Waals surface area contributed by atoms with Crippen molar-refractivity contribution in [2.75, 3.05) is 39.0 Å². The molecule has 0 radical (unpaired) electrons. The largest absolute Gasteiger partial charge is 0.385 e. The van der Waals surface area contributed by atoms with Crippen molar-refractivity contribution in [2.45, 2.75) is 38.3 Å². The first-order chi connectivity index (χ1) is 9.72. The van der Waals surface area contributed by atoms with Gasteiger partial charge in [0.2, 0.25) is 0 Å². The van der Waals surface area contributed by atoms with Crippen LogP contribution in [0, 0.1) is 0 Å². The minimum Gasteiger partial charge on any atom is -0.385 e. The molecule has 0 unspecified atom stereocenters. The van der Waals surface area contributed by atoms with E-state index in [2.05, 4.69) is 47.4 Å². The molecule has 3 nitrogen and oxygen atoms in total. The number of nitrogens with one attached hydrogen (secondary N) is 1. The summed E-state index contributed by atoms with van der Waals surface area (Å²) >= 11 is 0. The van der Waals surface area contributed by atoms with Crippen LogP contribution in [0.1, 0.15) is 30.4 Å². The first-order valence-corrected chi connectivity index (χ1v) is 7.97. The molecule has 0 aliphatic carbocycles. The van der Waals surface area contributed by atoms with Crippen molar-refractivity contribution in [3.05, 3.63) is 29.3 Å². The molecule has 2 aliphatic heterocycles. The summed E-state index contributed by atoms with van der Waals surface area (Å²) in [6.45, 7) is 4.72. The second-order valence-electron chi connectivity index (χ2n) is 6.49. The Labute approximate surface area is 123 Å². The molecule has 2 heterocycles. The molecule has 0 atom stereocenters. The lowest BCUT2D eigenvalue weighted by atomic mass is 9.99. The second-order valence-corrected chi connectivity index (χ2v) is 6.49. The van der Waals surface area contributed by atoms with Crippen LogP contribution in [-0.2, 0) is 13.0 Å². The summed E-state index contributed by atoms with van der Waals surface area (Å²) in [5.74, 6) is 0. The first-order valence-electron chi connectivity index (χ1n) is 7.97. The molecule has 2 aliphatic rings. The summed E-state index contributed by atoms with van der Waals surface area (Å²) in [6, 6.07) is 7.77. The van der Waals surface area contributed by atoms with Crippen LogP contribution < -0.4 is 5.32 Å². The van der Waals surface area contributed by atoms with Gasteiger partial charge in [0.1, 0.15) is 0 Å². The zero-order valence-electron chi connectivity index (χ0n) is 12.9. The minimum absolute atomic E-state index is 0.777. The lowest BCUT2D eigenvalue weighted by Gasteiger charge is -2.35. The molecule has 1 fully saturated rings. The number of hydrogen-bond acceptors (Lipinski definition) is 3. The molecule has 0 amide bonds. The van der Waals surface area contributed by atoms with Gasteiger partial charge in [0.25, 0.3) is 0 Å². The van der Waals surface area contributed by atoms with Crippen molar-refractivity contribution in [1.82, 2.24) is 9.80 Å². The Morgan fingerprint density at radius 3 is 2.80 bits per heavy atom. The van der Waals surface area contributed by atoms with Gasteiger partial charge in [-0.15, -0.1) is 0 Å². The van der Waals surface area contributed by atoms with Crippen LogP contribution in [0.4, 0.5) is 5.69 Å². The van der Waals surface area contributed by atoms with E-state index < -0.39 is 0 Å². The summed E-state index contributed by atoms with van der Waals surface area (Å²) in [5, 5.41) is 3.49. The summed E-state index contributed by atoms with van der Waals surface area (Å²) in [5.41, 5.74) is 4.35. The van der Waals surface area contributed by atoms with E-state index in [0.29, 0.717) is 0 Å². The van der Waals surface area contributed by atoms with Gasteiger partial charge in [0.15, 0.2) is 0 Å². The van der Waals surface area contributed by atoms with Crippen LogP contribution in [0.15, 0.2) is 18.2 Å². The van der Waals surface area contributed by atoms with E-state index in [9.17, 15) is 0 Å². The van der Waals surface area contributed by atoms with Crippen molar-refractivity contribution < 1.29 is 0 Å². The smallest absolute Gasteiger partial charge is 0.0372 e. The molecule has 1 N–H and O–H groups in total. The van der Waals surface area contributed by atoms with E-state index in [0.717, 1.165) is 19.1 Å². The third-order valence-electron chi connectivity index (χ3n) is 4.80. The number of benzene rings is 1. The number of rotatable bonds is 3. The Bertz CT molecular complexity index is 448. The molecule has 20 heavy (non-hydrogen) atoms. The zero-order valence-corrected chi connectivity index (χ0v) is 12.9. The van der Waals surface area contributed by atoms with Gasteiger partial charge in [-0.3, -0.25) is 4.90 Å². The number of nitrogens with zero attached hydrogens (tertiary/aromatic N) is 2. The molecular weight excluding hydrogens is 246 g/mol. The molecule has 1 aromatic rings. The normalized spacial score (nSPS) is 20.8. The molecule has 0 aromatic heterocycles. The molecule has 1 saturated heterocycles. The van der Waals surface area contributed by atoms with Crippen molar-refractivity contribution in [2.24, 2.45) is 0 Å². The molecule has 0 bridgehead atoms. The van der Waals surface area contributed by atoms with E-state index in [1.807, 2.05) is 0 Å². The van der Waals surface area contributed by atoms with Gasteiger partial charge in [-0.2, -0.15) is 0 Å². The molecule has 0 spiro atoms. The Morgan fingerprint density at radius 2 is 2.05 bits per heavy atom. The van der Waals surface area contributed by atoms with Crippen molar-refractivity contribution in [3.63, 3.8) is 0 Å². The summed E-state index contributed by atoms with van der Waals surface area (Å²) in [4.78, 5) is 4.99. The maximum atomic E-state index is 3.49. The quantitative estimate of drug-likeness (QED) is 0.913. The van der Waals surface area contributed by atoms with Gasteiger partial charge in [-0.05, 0) is 70.1 Å². The van der Waals surface area contributed by atoms with Crippen molar-refractivity contribution in [1.29, 1.82) is 0 Å². The number of hydrogen-bond donors (Lipinski definition) is 1. The van der Waals surface area contributed by atoms with Crippen LogP contribution in [0.2, 0.25) is 0 Å². The minimum atomic E-state index is 0.777. The molecule has 110 valence electrons. The maximum Gasteiger partial charge on any atom is 0.0372 e. The zero-order chi connectivity index (χ0) is 13.9. The van der Waals surface area contributed by atoms with Crippen LogP contribution >= 0.6 is 0 Å². The third kappa shape index (κ3) is 3.15. The van der Waals surface area contributed by atoms with E-state index in [4.69, 9.17) is 0 Å². The standard InChI is InChI=1S/C17H27N3/c1-19(2)16-7-10-20(11-8-16)13-14-5-6-17-15(12-14)4-3-9-18-17/h5-6,12,16,18H,3-4,7-11,13H2,1-2H3. The lowest BCUT2D eigenvalue weighted by Crippen LogP contribution is -2.41. The molecular formula is C17H27N3. The monoisotopic (exact) mass is 273 g/mol. The predicted octanol–water partition coefficient (Wildman–Crippen LogP) is 2.57. The highest BCUT2D eigenvalue weighted by Crippen LogP contribution is 2.24. The van der Waals surface area contributed by atoms with E-state index >= 15 is 0 Å². The van der Waals surface area contributed by atoms with E-state index in [1.165, 1.54) is 55.6 Å². The number of anilines is 1. The summed E-state index contributed by atoms with van der Waals surface area (Å²) < 4.78 is 0. The second kappa shape index (κ2) is 6.15.